The third-order valence-electron chi connectivity index (χ3n) is 6.38. The van der Waals surface area contributed by atoms with E-state index < -0.39 is 51.4 Å². The molecule has 39 heavy (non-hydrogen) atoms. The van der Waals surface area contributed by atoms with Gasteiger partial charge in [0.2, 0.25) is 0 Å². The van der Waals surface area contributed by atoms with E-state index in [1.807, 2.05) is 0 Å². The topological polar surface area (TPSA) is 125 Å². The summed E-state index contributed by atoms with van der Waals surface area (Å²) < 4.78 is 55.2. The van der Waals surface area contributed by atoms with Crippen molar-refractivity contribution in [2.75, 3.05) is 13.3 Å². The lowest BCUT2D eigenvalue weighted by atomic mass is 9.98. The predicted octanol–water partition coefficient (Wildman–Crippen LogP) is 2.81. The molecule has 0 spiro atoms. The van der Waals surface area contributed by atoms with E-state index in [0.717, 1.165) is 10.6 Å². The number of fused-ring (bicyclic) bond motifs is 1. The van der Waals surface area contributed by atoms with E-state index in [0.29, 0.717) is 12.6 Å². The molecule has 2 aromatic heterocycles. The van der Waals surface area contributed by atoms with E-state index in [2.05, 4.69) is 15.4 Å². The van der Waals surface area contributed by atoms with E-state index in [-0.39, 0.29) is 46.5 Å². The van der Waals surface area contributed by atoms with Crippen LogP contribution in [0.25, 0.3) is 5.82 Å². The number of alkyl halides is 3. The van der Waals surface area contributed by atoms with Crippen molar-refractivity contribution in [3.8, 4) is 5.82 Å². The van der Waals surface area contributed by atoms with Gasteiger partial charge in [0, 0.05) is 48.0 Å². The summed E-state index contributed by atoms with van der Waals surface area (Å²) >= 11 is 3.91. The third kappa shape index (κ3) is 5.28. The first-order chi connectivity index (χ1) is 18.3. The van der Waals surface area contributed by atoms with Crippen molar-refractivity contribution >= 4 is 34.6 Å². The van der Waals surface area contributed by atoms with Crippen LogP contribution in [0, 0.1) is 0 Å². The monoisotopic (exact) mass is 584 g/mol. The summed E-state index contributed by atoms with van der Waals surface area (Å²) in [4.78, 5) is 45.0. The first-order valence-electron chi connectivity index (χ1n) is 11.7. The van der Waals surface area contributed by atoms with E-state index in [1.54, 1.807) is 13.8 Å². The number of nitrogens with one attached hydrogen (secondary N) is 1. The lowest BCUT2D eigenvalue weighted by Crippen LogP contribution is -2.46. The van der Waals surface area contributed by atoms with Gasteiger partial charge in [-0.15, -0.1) is 0 Å². The number of aromatic nitrogens is 4. The van der Waals surface area contributed by atoms with Crippen LogP contribution in [0.2, 0.25) is 5.02 Å². The summed E-state index contributed by atoms with van der Waals surface area (Å²) in [6, 6.07) is 3.73. The quantitative estimate of drug-likeness (QED) is 0.363. The van der Waals surface area contributed by atoms with Crippen molar-refractivity contribution in [2.45, 2.75) is 50.7 Å². The molecule has 3 heterocycles. The number of halogens is 4. The van der Waals surface area contributed by atoms with E-state index in [4.69, 9.17) is 11.6 Å². The van der Waals surface area contributed by atoms with Crippen molar-refractivity contribution in [1.82, 2.24) is 29.5 Å². The molecule has 10 nitrogen and oxygen atoms in total. The molecule has 1 N–H and O–H groups in total. The predicted molar refractivity (Wildman–Crippen MR) is 137 cm³/mol. The first-order valence-corrected chi connectivity index (χ1v) is 13.7. The van der Waals surface area contributed by atoms with Gasteiger partial charge in [-0.25, -0.2) is 4.57 Å². The van der Waals surface area contributed by atoms with E-state index in [1.165, 1.54) is 35.0 Å². The van der Waals surface area contributed by atoms with Crippen LogP contribution < -0.4 is 10.9 Å². The molecule has 0 aliphatic carbocycles. The largest absolute Gasteiger partial charge is 0.609 e. The maximum Gasteiger partial charge on any atom is 0.417 e. The Balaban J connectivity index is 1.78. The fourth-order valence-electron chi connectivity index (χ4n) is 4.41. The second-order valence-corrected chi connectivity index (χ2v) is 10.6. The SMILES string of the molecule is CCn1nc(-n2c([S+](C)[O-])nc3c(c2=O)C[C@@H](C)N(C(=O)c2ccc(Cl)c(C(F)(F)F)c2)C3)cc1C(=O)NC. The molecule has 0 saturated carbocycles. The van der Waals surface area contributed by atoms with Crippen molar-refractivity contribution in [1.29, 1.82) is 0 Å². The number of hydrogen-bond acceptors (Lipinski definition) is 6. The van der Waals surface area contributed by atoms with Crippen molar-refractivity contribution in [2.24, 2.45) is 0 Å². The Labute approximate surface area is 228 Å². The maximum atomic E-state index is 13.7. The third-order valence-corrected chi connectivity index (χ3v) is 7.49. The molecule has 0 radical (unpaired) electrons. The standard InChI is InChI=1S/C24H24ClF3N6O4S/c1-5-33-18(20(35)29-3)10-19(31-33)34-22(37)14-8-12(2)32(11-17(14)30-23(34)39(4)38)21(36)13-6-7-16(25)15(9-13)24(26,27)28/h6-7,9-10,12H,5,8,11H2,1-4H3,(H,29,35)/t12-,39?/m1/s1. The molecule has 1 aliphatic heterocycles. The minimum atomic E-state index is -4.75. The Morgan fingerprint density at radius 2 is 1.97 bits per heavy atom. The normalized spacial score (nSPS) is 16.1. The summed E-state index contributed by atoms with van der Waals surface area (Å²) in [7, 11) is 1.45. The zero-order valence-corrected chi connectivity index (χ0v) is 22.9. The molecule has 2 amide bonds. The average Bonchev–Trinajstić information content (AvgIpc) is 3.31. The lowest BCUT2D eigenvalue weighted by Gasteiger charge is -2.34. The highest BCUT2D eigenvalue weighted by Gasteiger charge is 2.37. The molecule has 0 bridgehead atoms. The summed E-state index contributed by atoms with van der Waals surface area (Å²) in [5, 5.41) is 6.17. The van der Waals surface area contributed by atoms with Crippen LogP contribution in [0.1, 0.15) is 51.5 Å². The minimum absolute atomic E-state index is 0.0417. The van der Waals surface area contributed by atoms with Gasteiger partial charge in [-0.05, 0) is 38.5 Å². The van der Waals surface area contributed by atoms with Gasteiger partial charge in [0.1, 0.15) is 11.9 Å². The molecule has 15 heteroatoms. The minimum Gasteiger partial charge on any atom is -0.609 e. The zero-order chi connectivity index (χ0) is 28.8. The zero-order valence-electron chi connectivity index (χ0n) is 21.3. The van der Waals surface area contributed by atoms with Gasteiger partial charge in [-0.1, -0.05) is 11.6 Å². The highest BCUT2D eigenvalue weighted by Crippen LogP contribution is 2.35. The molecule has 208 valence electrons. The Bertz CT molecular complexity index is 1520. The molecule has 0 fully saturated rings. The first kappa shape index (κ1) is 28.6. The highest BCUT2D eigenvalue weighted by molar-refractivity contribution is 7.90. The molecule has 1 aliphatic rings. The van der Waals surface area contributed by atoms with Gasteiger partial charge in [-0.3, -0.25) is 19.1 Å². The fraction of sp³-hybridized carbons (Fsp3) is 0.375. The van der Waals surface area contributed by atoms with Crippen molar-refractivity contribution in [3.63, 3.8) is 0 Å². The maximum absolute atomic E-state index is 13.7. The van der Waals surface area contributed by atoms with Crippen LogP contribution in [0.5, 0.6) is 0 Å². The van der Waals surface area contributed by atoms with Gasteiger partial charge >= 0.3 is 11.3 Å². The van der Waals surface area contributed by atoms with E-state index >= 15 is 0 Å². The molecule has 1 aromatic carbocycles. The van der Waals surface area contributed by atoms with E-state index in [9.17, 15) is 32.1 Å². The van der Waals surface area contributed by atoms with Crippen molar-refractivity contribution < 1.29 is 27.3 Å². The molecule has 1 unspecified atom stereocenters. The Kier molecular flexibility index (Phi) is 7.83. The smallest absolute Gasteiger partial charge is 0.417 e. The Morgan fingerprint density at radius 3 is 2.56 bits per heavy atom. The number of carbonyl (C=O) groups excluding carboxylic acids is 2. The Hall–Kier alpha value is -3.36. The molecular formula is C24H24ClF3N6O4S. The number of aryl methyl sites for hydroxylation is 1. The molecule has 3 aromatic rings. The number of rotatable bonds is 5. The number of amides is 2. The van der Waals surface area contributed by atoms with Crippen LogP contribution in [0.3, 0.4) is 0 Å². The second-order valence-electron chi connectivity index (χ2n) is 8.88. The molecule has 0 saturated heterocycles. The van der Waals surface area contributed by atoms with Gasteiger partial charge in [0.05, 0.1) is 22.8 Å². The van der Waals surface area contributed by atoms with Gasteiger partial charge in [0.15, 0.2) is 5.82 Å². The summed E-state index contributed by atoms with van der Waals surface area (Å²) in [6.07, 6.45) is -3.38. The summed E-state index contributed by atoms with van der Waals surface area (Å²) in [5.74, 6) is -1.06. The highest BCUT2D eigenvalue weighted by atomic mass is 35.5. The summed E-state index contributed by atoms with van der Waals surface area (Å²) in [6.45, 7) is 3.57. The number of carbonyl (C=O) groups is 2. The number of nitrogens with zero attached hydrogens (tertiary/aromatic N) is 5. The van der Waals surface area contributed by atoms with Crippen LogP contribution >= 0.6 is 11.6 Å². The number of hydrogen-bond donors (Lipinski definition) is 1. The number of benzene rings is 1. The lowest BCUT2D eigenvalue weighted by molar-refractivity contribution is -0.137. The van der Waals surface area contributed by atoms with Gasteiger partial charge in [-0.2, -0.15) is 23.3 Å². The molecule has 2 atom stereocenters. The Morgan fingerprint density at radius 1 is 1.28 bits per heavy atom. The van der Waals surface area contributed by atoms with Gasteiger partial charge < -0.3 is 14.8 Å². The van der Waals surface area contributed by atoms with Crippen LogP contribution in [0.15, 0.2) is 34.2 Å². The molecular weight excluding hydrogens is 561 g/mol. The second kappa shape index (κ2) is 10.7. The average molecular weight is 585 g/mol. The summed E-state index contributed by atoms with van der Waals surface area (Å²) in [5.41, 5.74) is -1.29. The van der Waals surface area contributed by atoms with Gasteiger partial charge in [0.25, 0.3) is 17.4 Å². The van der Waals surface area contributed by atoms with Crippen LogP contribution in [-0.4, -0.2) is 59.9 Å². The van der Waals surface area contributed by atoms with Crippen LogP contribution in [0.4, 0.5) is 13.2 Å². The van der Waals surface area contributed by atoms with Crippen LogP contribution in [-0.2, 0) is 36.9 Å². The molecule has 4 rings (SSSR count). The fourth-order valence-corrected chi connectivity index (χ4v) is 5.31. The van der Waals surface area contributed by atoms with Crippen molar-refractivity contribution in [3.05, 3.63) is 67.7 Å².